The van der Waals surface area contributed by atoms with E-state index in [1.165, 1.54) is 0 Å². The van der Waals surface area contributed by atoms with Crippen LogP contribution in [-0.4, -0.2) is 18.8 Å². The summed E-state index contributed by atoms with van der Waals surface area (Å²) in [5.41, 5.74) is 4.59. The molecule has 1 amide bonds. The van der Waals surface area contributed by atoms with Crippen LogP contribution >= 0.6 is 0 Å². The maximum Gasteiger partial charge on any atom is 0.228 e. The highest BCUT2D eigenvalue weighted by Gasteiger charge is 2.19. The van der Waals surface area contributed by atoms with Crippen molar-refractivity contribution in [1.29, 1.82) is 0 Å². The van der Waals surface area contributed by atoms with Crippen LogP contribution in [0.4, 0.5) is 5.69 Å². The molecule has 0 aliphatic heterocycles. The van der Waals surface area contributed by atoms with Gasteiger partial charge in [0, 0.05) is 22.2 Å². The number of methoxy groups -OCH3 is 1. The van der Waals surface area contributed by atoms with Gasteiger partial charge in [0.05, 0.1) is 13.5 Å². The monoisotopic (exact) mass is 413 g/mol. The lowest BCUT2D eigenvalue weighted by molar-refractivity contribution is -0.115. The van der Waals surface area contributed by atoms with E-state index in [1.807, 2.05) is 56.3 Å². The van der Waals surface area contributed by atoms with E-state index in [9.17, 15) is 9.59 Å². The Bertz CT molecular complexity index is 1250. The number of anilines is 1. The summed E-state index contributed by atoms with van der Waals surface area (Å²) in [6.45, 7) is 3.83. The van der Waals surface area contributed by atoms with Crippen molar-refractivity contribution in [3.8, 4) is 5.75 Å². The molecule has 0 saturated heterocycles. The fourth-order valence-electron chi connectivity index (χ4n) is 3.49. The quantitative estimate of drug-likeness (QED) is 0.426. The number of ether oxygens (including phenoxy) is 1. The standard InChI is InChI=1S/C26H23NO4/c1-16-4-8-19(9-5-16)25(29)26-17(2)22-15-20(10-13-23(22)31-26)27-24(28)14-18-6-11-21(30-3)12-7-18/h4-13,15H,14H2,1-3H3,(H,27,28). The van der Waals surface area contributed by atoms with Gasteiger partial charge in [-0.15, -0.1) is 0 Å². The summed E-state index contributed by atoms with van der Waals surface area (Å²) in [6.07, 6.45) is 0.254. The minimum atomic E-state index is -0.154. The number of aryl methyl sites for hydroxylation is 2. The summed E-state index contributed by atoms with van der Waals surface area (Å²) in [5.74, 6) is 0.794. The van der Waals surface area contributed by atoms with Crippen molar-refractivity contribution in [3.63, 3.8) is 0 Å². The molecule has 0 unspecified atom stereocenters. The van der Waals surface area contributed by atoms with Crippen LogP contribution in [0.5, 0.6) is 5.75 Å². The molecule has 1 aromatic heterocycles. The normalized spacial score (nSPS) is 10.8. The first-order valence-electron chi connectivity index (χ1n) is 10.0. The number of amides is 1. The number of carbonyl (C=O) groups excluding carboxylic acids is 2. The fourth-order valence-corrected chi connectivity index (χ4v) is 3.49. The number of carbonyl (C=O) groups is 2. The lowest BCUT2D eigenvalue weighted by Crippen LogP contribution is -2.14. The third-order valence-corrected chi connectivity index (χ3v) is 5.26. The van der Waals surface area contributed by atoms with Crippen molar-refractivity contribution in [2.75, 3.05) is 12.4 Å². The van der Waals surface area contributed by atoms with Gasteiger partial charge in [0.15, 0.2) is 5.76 Å². The maximum absolute atomic E-state index is 12.9. The minimum Gasteiger partial charge on any atom is -0.497 e. The van der Waals surface area contributed by atoms with Crippen LogP contribution in [0.25, 0.3) is 11.0 Å². The molecule has 0 spiro atoms. The Labute approximate surface area is 180 Å². The van der Waals surface area contributed by atoms with Gasteiger partial charge in [-0.25, -0.2) is 0 Å². The third kappa shape index (κ3) is 4.36. The van der Waals surface area contributed by atoms with Crippen molar-refractivity contribution < 1.29 is 18.7 Å². The first kappa shape index (κ1) is 20.4. The number of fused-ring (bicyclic) bond motifs is 1. The molecule has 4 rings (SSSR count). The minimum absolute atomic E-state index is 0.123. The number of benzene rings is 3. The van der Waals surface area contributed by atoms with Gasteiger partial charge in [0.2, 0.25) is 11.7 Å². The molecule has 0 atom stereocenters. The van der Waals surface area contributed by atoms with E-state index in [1.54, 1.807) is 31.4 Å². The Morgan fingerprint density at radius 2 is 1.65 bits per heavy atom. The molecule has 4 aromatic rings. The van der Waals surface area contributed by atoms with Crippen molar-refractivity contribution in [3.05, 3.63) is 94.7 Å². The number of rotatable bonds is 6. The Kier molecular flexibility index (Phi) is 5.58. The predicted molar refractivity (Wildman–Crippen MR) is 121 cm³/mol. The van der Waals surface area contributed by atoms with Crippen LogP contribution in [0.1, 0.15) is 32.8 Å². The highest BCUT2D eigenvalue weighted by molar-refractivity contribution is 6.10. The van der Waals surface area contributed by atoms with Gasteiger partial charge >= 0.3 is 0 Å². The molecule has 5 nitrogen and oxygen atoms in total. The average molecular weight is 413 g/mol. The van der Waals surface area contributed by atoms with Crippen LogP contribution in [0, 0.1) is 13.8 Å². The van der Waals surface area contributed by atoms with Crippen LogP contribution in [0.2, 0.25) is 0 Å². The second-order valence-corrected chi connectivity index (χ2v) is 7.54. The lowest BCUT2D eigenvalue weighted by Gasteiger charge is -2.06. The van der Waals surface area contributed by atoms with Crippen LogP contribution < -0.4 is 10.1 Å². The summed E-state index contributed by atoms with van der Waals surface area (Å²) < 4.78 is 11.0. The number of furan rings is 1. The molecule has 0 radical (unpaired) electrons. The summed E-state index contributed by atoms with van der Waals surface area (Å²) in [7, 11) is 1.61. The van der Waals surface area contributed by atoms with E-state index in [0.717, 1.165) is 27.8 Å². The molecule has 0 fully saturated rings. The van der Waals surface area contributed by atoms with E-state index in [2.05, 4.69) is 5.32 Å². The molecule has 5 heteroatoms. The van der Waals surface area contributed by atoms with Crippen LogP contribution in [0.3, 0.4) is 0 Å². The van der Waals surface area contributed by atoms with Gasteiger partial charge in [0.1, 0.15) is 11.3 Å². The first-order valence-corrected chi connectivity index (χ1v) is 10.0. The molecule has 156 valence electrons. The molecule has 31 heavy (non-hydrogen) atoms. The Balaban J connectivity index is 1.53. The lowest BCUT2D eigenvalue weighted by atomic mass is 10.0. The number of hydrogen-bond donors (Lipinski definition) is 1. The third-order valence-electron chi connectivity index (χ3n) is 5.26. The van der Waals surface area contributed by atoms with Crippen LogP contribution in [0.15, 0.2) is 71.1 Å². The molecule has 0 aliphatic rings. The highest BCUT2D eigenvalue weighted by atomic mass is 16.5. The second kappa shape index (κ2) is 8.48. The second-order valence-electron chi connectivity index (χ2n) is 7.54. The summed E-state index contributed by atoms with van der Waals surface area (Å²) in [4.78, 5) is 25.4. The van der Waals surface area contributed by atoms with Gasteiger partial charge in [0.25, 0.3) is 0 Å². The molecule has 1 heterocycles. The molecular formula is C26H23NO4. The number of ketones is 1. The Hall–Kier alpha value is -3.86. The zero-order chi connectivity index (χ0) is 22.0. The summed E-state index contributed by atoms with van der Waals surface area (Å²) in [6, 6.07) is 20.2. The molecule has 0 saturated carbocycles. The zero-order valence-corrected chi connectivity index (χ0v) is 17.7. The average Bonchev–Trinajstić information content (AvgIpc) is 3.10. The van der Waals surface area contributed by atoms with E-state index < -0.39 is 0 Å². The van der Waals surface area contributed by atoms with Crippen molar-refractivity contribution >= 4 is 28.3 Å². The molecular weight excluding hydrogens is 390 g/mol. The topological polar surface area (TPSA) is 68.5 Å². The smallest absolute Gasteiger partial charge is 0.228 e. The van der Waals surface area contributed by atoms with E-state index >= 15 is 0 Å². The molecule has 3 aromatic carbocycles. The van der Waals surface area contributed by atoms with Crippen molar-refractivity contribution in [1.82, 2.24) is 0 Å². The van der Waals surface area contributed by atoms with Crippen molar-refractivity contribution in [2.24, 2.45) is 0 Å². The van der Waals surface area contributed by atoms with E-state index in [4.69, 9.17) is 9.15 Å². The first-order chi connectivity index (χ1) is 14.9. The summed E-state index contributed by atoms with van der Waals surface area (Å²) in [5, 5.41) is 3.72. The van der Waals surface area contributed by atoms with Gasteiger partial charge in [-0.05, 0) is 49.7 Å². The van der Waals surface area contributed by atoms with Gasteiger partial charge in [-0.1, -0.05) is 42.0 Å². The summed E-state index contributed by atoms with van der Waals surface area (Å²) >= 11 is 0. The Morgan fingerprint density at radius 1 is 0.935 bits per heavy atom. The largest absolute Gasteiger partial charge is 0.497 e. The predicted octanol–water partition coefficient (Wildman–Crippen LogP) is 5.47. The van der Waals surface area contributed by atoms with Gasteiger partial charge in [-0.2, -0.15) is 0 Å². The van der Waals surface area contributed by atoms with Gasteiger partial charge in [-0.3, -0.25) is 9.59 Å². The van der Waals surface area contributed by atoms with Crippen LogP contribution in [-0.2, 0) is 11.2 Å². The zero-order valence-electron chi connectivity index (χ0n) is 17.7. The number of hydrogen-bond acceptors (Lipinski definition) is 4. The molecule has 1 N–H and O–H groups in total. The molecule has 0 aliphatic carbocycles. The number of nitrogens with one attached hydrogen (secondary N) is 1. The SMILES string of the molecule is COc1ccc(CC(=O)Nc2ccc3oc(C(=O)c4ccc(C)cc4)c(C)c3c2)cc1. The highest BCUT2D eigenvalue weighted by Crippen LogP contribution is 2.29. The van der Waals surface area contributed by atoms with Gasteiger partial charge < -0.3 is 14.5 Å². The maximum atomic E-state index is 12.9. The van der Waals surface area contributed by atoms with E-state index in [0.29, 0.717) is 22.6 Å². The van der Waals surface area contributed by atoms with Crippen molar-refractivity contribution in [2.45, 2.75) is 20.3 Å². The Morgan fingerprint density at radius 3 is 2.32 bits per heavy atom. The molecule has 0 bridgehead atoms. The fraction of sp³-hybridized carbons (Fsp3) is 0.154. The van der Waals surface area contributed by atoms with E-state index in [-0.39, 0.29) is 18.1 Å².